The summed E-state index contributed by atoms with van der Waals surface area (Å²) in [4.78, 5) is 2.70. The number of aryl methyl sites for hydroxylation is 1. The predicted octanol–water partition coefficient (Wildman–Crippen LogP) is 2.39. The molecular weight excluding hydrogens is 270 g/mol. The van der Waals surface area contributed by atoms with E-state index in [0.29, 0.717) is 0 Å². The van der Waals surface area contributed by atoms with Crippen LogP contribution in [0.5, 0.6) is 0 Å². The van der Waals surface area contributed by atoms with E-state index in [2.05, 4.69) is 65.8 Å². The van der Waals surface area contributed by atoms with Gasteiger partial charge in [0.15, 0.2) is 5.82 Å². The van der Waals surface area contributed by atoms with Crippen molar-refractivity contribution < 1.29 is 0 Å². The molecule has 0 spiro atoms. The van der Waals surface area contributed by atoms with Gasteiger partial charge in [0.25, 0.3) is 0 Å². The van der Waals surface area contributed by atoms with Gasteiger partial charge in [0.2, 0.25) is 0 Å². The van der Waals surface area contributed by atoms with E-state index in [-0.39, 0.29) is 5.54 Å². The molecule has 0 amide bonds. The van der Waals surface area contributed by atoms with Crippen LogP contribution in [0.15, 0.2) is 29.2 Å². The van der Waals surface area contributed by atoms with Gasteiger partial charge in [-0.3, -0.25) is 0 Å². The lowest BCUT2D eigenvalue weighted by atomic mass is 10.1. The first kappa shape index (κ1) is 15.0. The lowest BCUT2D eigenvalue weighted by molar-refractivity contribution is 0.424. The van der Waals surface area contributed by atoms with Crippen molar-refractivity contribution >= 4 is 11.8 Å². The van der Waals surface area contributed by atoms with Gasteiger partial charge >= 0.3 is 0 Å². The Morgan fingerprint density at radius 3 is 2.45 bits per heavy atom. The van der Waals surface area contributed by atoms with Crippen molar-refractivity contribution in [3.63, 3.8) is 0 Å². The molecular formula is C14H21N5S. The molecule has 6 heteroatoms. The maximum Gasteiger partial charge on any atom is 0.184 e. The Morgan fingerprint density at radius 2 is 1.90 bits per heavy atom. The molecule has 0 radical (unpaired) electrons. The molecule has 0 saturated heterocycles. The molecule has 108 valence electrons. The van der Waals surface area contributed by atoms with Crippen LogP contribution in [0.3, 0.4) is 0 Å². The SMILES string of the molecule is Cn1nnc(CSc2ccc(CNC(C)(C)C)cc2)n1. The zero-order valence-corrected chi connectivity index (χ0v) is 13.2. The van der Waals surface area contributed by atoms with Crippen molar-refractivity contribution in [1.29, 1.82) is 0 Å². The lowest BCUT2D eigenvalue weighted by Crippen LogP contribution is -2.35. The highest BCUT2D eigenvalue weighted by molar-refractivity contribution is 7.98. The molecule has 20 heavy (non-hydrogen) atoms. The summed E-state index contributed by atoms with van der Waals surface area (Å²) in [5, 5.41) is 15.4. The largest absolute Gasteiger partial charge is 0.308 e. The fourth-order valence-electron chi connectivity index (χ4n) is 1.60. The van der Waals surface area contributed by atoms with Gasteiger partial charge in [0.05, 0.1) is 12.8 Å². The monoisotopic (exact) mass is 291 g/mol. The number of benzene rings is 1. The smallest absolute Gasteiger partial charge is 0.184 e. The summed E-state index contributed by atoms with van der Waals surface area (Å²) in [6.45, 7) is 7.40. The molecule has 0 fully saturated rings. The van der Waals surface area contributed by atoms with Crippen molar-refractivity contribution in [2.45, 2.75) is 43.5 Å². The van der Waals surface area contributed by atoms with Crippen LogP contribution in [0.4, 0.5) is 0 Å². The van der Waals surface area contributed by atoms with Gasteiger partial charge in [-0.15, -0.1) is 22.0 Å². The number of thioether (sulfide) groups is 1. The Hall–Kier alpha value is -1.40. The van der Waals surface area contributed by atoms with Crippen LogP contribution >= 0.6 is 11.8 Å². The van der Waals surface area contributed by atoms with Gasteiger partial charge in [-0.05, 0) is 43.7 Å². The first-order valence-electron chi connectivity index (χ1n) is 6.62. The minimum atomic E-state index is 0.144. The number of hydrogen-bond donors (Lipinski definition) is 1. The van der Waals surface area contributed by atoms with E-state index < -0.39 is 0 Å². The molecule has 0 saturated carbocycles. The third-order valence-corrected chi connectivity index (χ3v) is 3.67. The van der Waals surface area contributed by atoms with Gasteiger partial charge in [0.1, 0.15) is 0 Å². The van der Waals surface area contributed by atoms with Crippen molar-refractivity contribution in [3.8, 4) is 0 Å². The lowest BCUT2D eigenvalue weighted by Gasteiger charge is -2.20. The predicted molar refractivity (Wildman–Crippen MR) is 81.4 cm³/mol. The van der Waals surface area contributed by atoms with Gasteiger partial charge in [0, 0.05) is 17.0 Å². The van der Waals surface area contributed by atoms with Crippen LogP contribution in [0.2, 0.25) is 0 Å². The molecule has 2 rings (SSSR count). The fraction of sp³-hybridized carbons (Fsp3) is 0.500. The molecule has 0 unspecified atom stereocenters. The van der Waals surface area contributed by atoms with Gasteiger partial charge in [-0.1, -0.05) is 12.1 Å². The molecule has 1 aromatic carbocycles. The van der Waals surface area contributed by atoms with Crippen LogP contribution in [0.1, 0.15) is 32.2 Å². The zero-order chi connectivity index (χ0) is 14.6. The average molecular weight is 291 g/mol. The minimum absolute atomic E-state index is 0.144. The van der Waals surface area contributed by atoms with Gasteiger partial charge < -0.3 is 5.32 Å². The Labute approximate surface area is 124 Å². The van der Waals surface area contributed by atoms with Crippen LogP contribution in [0.25, 0.3) is 0 Å². The van der Waals surface area contributed by atoms with Crippen molar-refractivity contribution in [2.75, 3.05) is 0 Å². The molecule has 1 aromatic heterocycles. The number of tetrazole rings is 1. The molecule has 0 aliphatic carbocycles. The van der Waals surface area contributed by atoms with E-state index in [1.165, 1.54) is 15.3 Å². The number of aromatic nitrogens is 4. The third kappa shape index (κ3) is 4.94. The fourth-order valence-corrected chi connectivity index (χ4v) is 2.34. The quantitative estimate of drug-likeness (QED) is 0.857. The van der Waals surface area contributed by atoms with Crippen molar-refractivity contribution in [2.24, 2.45) is 7.05 Å². The first-order chi connectivity index (χ1) is 9.42. The highest BCUT2D eigenvalue weighted by Crippen LogP contribution is 2.21. The van der Waals surface area contributed by atoms with Gasteiger partial charge in [-0.2, -0.15) is 4.80 Å². The number of hydrogen-bond acceptors (Lipinski definition) is 5. The van der Waals surface area contributed by atoms with E-state index >= 15 is 0 Å². The van der Waals surface area contributed by atoms with E-state index in [4.69, 9.17) is 0 Å². The number of rotatable bonds is 5. The molecule has 0 aliphatic heterocycles. The number of nitrogens with zero attached hydrogens (tertiary/aromatic N) is 4. The summed E-state index contributed by atoms with van der Waals surface area (Å²) in [6.07, 6.45) is 0. The molecule has 0 bridgehead atoms. The summed E-state index contributed by atoms with van der Waals surface area (Å²) in [5.41, 5.74) is 1.44. The highest BCUT2D eigenvalue weighted by Gasteiger charge is 2.08. The van der Waals surface area contributed by atoms with Gasteiger partial charge in [-0.25, -0.2) is 0 Å². The second kappa shape index (κ2) is 6.37. The van der Waals surface area contributed by atoms with E-state index in [0.717, 1.165) is 18.1 Å². The summed E-state index contributed by atoms with van der Waals surface area (Å²) in [7, 11) is 1.78. The second-order valence-electron chi connectivity index (χ2n) is 5.73. The molecule has 2 aromatic rings. The van der Waals surface area contributed by atoms with Crippen LogP contribution < -0.4 is 5.32 Å². The van der Waals surface area contributed by atoms with Crippen molar-refractivity contribution in [3.05, 3.63) is 35.7 Å². The summed E-state index contributed by atoms with van der Waals surface area (Å²) in [6, 6.07) is 8.60. The second-order valence-corrected chi connectivity index (χ2v) is 6.78. The Morgan fingerprint density at radius 1 is 1.20 bits per heavy atom. The number of nitrogens with one attached hydrogen (secondary N) is 1. The summed E-state index contributed by atoms with van der Waals surface area (Å²) >= 11 is 1.72. The zero-order valence-electron chi connectivity index (χ0n) is 12.4. The third-order valence-electron chi connectivity index (χ3n) is 2.66. The average Bonchev–Trinajstić information content (AvgIpc) is 2.80. The minimum Gasteiger partial charge on any atom is -0.308 e. The first-order valence-corrected chi connectivity index (χ1v) is 7.60. The Kier molecular flexibility index (Phi) is 4.77. The normalized spacial score (nSPS) is 11.8. The molecule has 1 heterocycles. The highest BCUT2D eigenvalue weighted by atomic mass is 32.2. The molecule has 0 atom stereocenters. The van der Waals surface area contributed by atoms with Crippen LogP contribution in [-0.4, -0.2) is 25.7 Å². The molecule has 1 N–H and O–H groups in total. The molecule has 5 nitrogen and oxygen atoms in total. The molecule has 0 aliphatic rings. The Balaban J connectivity index is 1.85. The van der Waals surface area contributed by atoms with E-state index in [1.807, 2.05) is 0 Å². The standard InChI is InChI=1S/C14H21N5S/c1-14(2,3)15-9-11-5-7-12(8-6-11)20-10-13-16-18-19(4)17-13/h5-8,15H,9-10H2,1-4H3. The summed E-state index contributed by atoms with van der Waals surface area (Å²) in [5.74, 6) is 1.50. The summed E-state index contributed by atoms with van der Waals surface area (Å²) < 4.78 is 0. The van der Waals surface area contributed by atoms with Crippen LogP contribution in [-0.2, 0) is 19.3 Å². The van der Waals surface area contributed by atoms with Crippen LogP contribution in [0, 0.1) is 0 Å². The van der Waals surface area contributed by atoms with E-state index in [1.54, 1.807) is 18.8 Å². The Bertz CT molecular complexity index is 541. The maximum atomic E-state index is 4.16. The maximum absolute atomic E-state index is 4.16. The van der Waals surface area contributed by atoms with E-state index in [9.17, 15) is 0 Å². The van der Waals surface area contributed by atoms with Crippen molar-refractivity contribution in [1.82, 2.24) is 25.5 Å². The topological polar surface area (TPSA) is 55.6 Å².